The maximum atomic E-state index is 13.4. The van der Waals surface area contributed by atoms with Gasteiger partial charge in [-0.05, 0) is 36.8 Å². The van der Waals surface area contributed by atoms with Crippen molar-refractivity contribution in [2.75, 3.05) is 18.5 Å². The first-order valence-corrected chi connectivity index (χ1v) is 9.02. The number of sulfonamides is 1. The second-order valence-electron chi connectivity index (χ2n) is 5.31. The normalized spacial score (nSPS) is 11.0. The molecule has 0 aromatic heterocycles. The van der Waals surface area contributed by atoms with E-state index in [0.717, 1.165) is 6.07 Å². The third-order valence-electron chi connectivity index (χ3n) is 3.28. The first-order chi connectivity index (χ1) is 12.3. The third kappa shape index (κ3) is 5.64. The first kappa shape index (κ1) is 19.5. The highest BCUT2D eigenvalue weighted by atomic mass is 32.2. The minimum absolute atomic E-state index is 0.00643. The van der Waals surface area contributed by atoms with E-state index in [1.807, 2.05) is 0 Å². The van der Waals surface area contributed by atoms with E-state index in [-0.39, 0.29) is 10.6 Å². The average Bonchev–Trinajstić information content (AvgIpc) is 2.62. The molecule has 7 nitrogen and oxygen atoms in total. The lowest BCUT2D eigenvalue weighted by molar-refractivity contribution is -0.146. The van der Waals surface area contributed by atoms with Crippen LogP contribution in [0.25, 0.3) is 0 Å². The number of anilines is 1. The average molecular weight is 380 g/mol. The monoisotopic (exact) mass is 380 g/mol. The lowest BCUT2D eigenvalue weighted by Crippen LogP contribution is -2.32. The molecule has 1 amide bonds. The quantitative estimate of drug-likeness (QED) is 0.711. The van der Waals surface area contributed by atoms with E-state index in [0.29, 0.717) is 5.56 Å². The summed E-state index contributed by atoms with van der Waals surface area (Å²) in [6, 6.07) is 11.6. The highest BCUT2D eigenvalue weighted by molar-refractivity contribution is 7.89. The van der Waals surface area contributed by atoms with E-state index in [2.05, 4.69) is 14.8 Å². The van der Waals surface area contributed by atoms with Crippen LogP contribution in [0.2, 0.25) is 0 Å². The molecule has 0 saturated heterocycles. The number of amides is 1. The van der Waals surface area contributed by atoms with Gasteiger partial charge in [0.2, 0.25) is 10.0 Å². The Morgan fingerprint density at radius 2 is 1.81 bits per heavy atom. The molecule has 0 bridgehead atoms. The molecule has 0 aliphatic heterocycles. The number of aryl methyl sites for hydroxylation is 1. The van der Waals surface area contributed by atoms with Crippen molar-refractivity contribution in [2.24, 2.45) is 0 Å². The van der Waals surface area contributed by atoms with Crippen LogP contribution in [0.4, 0.5) is 10.1 Å². The third-order valence-corrected chi connectivity index (χ3v) is 4.70. The predicted octanol–water partition coefficient (Wildman–Crippen LogP) is 1.59. The summed E-state index contributed by atoms with van der Waals surface area (Å²) < 4.78 is 44.0. The minimum Gasteiger partial charge on any atom is -0.455 e. The van der Waals surface area contributed by atoms with Crippen LogP contribution in [-0.2, 0) is 24.3 Å². The molecule has 2 aromatic rings. The number of benzene rings is 2. The summed E-state index contributed by atoms with van der Waals surface area (Å²) in [5, 5.41) is 2.37. The fraction of sp³-hybridized carbons (Fsp3) is 0.176. The standard InChI is InChI=1S/C17H17FN2O5S/c1-12-7-8-13(9-15(12)18)20-16(21)11-25-17(22)10-19-26(23,24)14-5-3-2-4-6-14/h2-9,19H,10-11H2,1H3,(H,20,21). The molecule has 9 heteroatoms. The summed E-state index contributed by atoms with van der Waals surface area (Å²) in [5.41, 5.74) is 0.652. The van der Waals surface area contributed by atoms with Crippen LogP contribution in [-0.4, -0.2) is 33.4 Å². The number of rotatable bonds is 7. The largest absolute Gasteiger partial charge is 0.455 e. The zero-order valence-corrected chi connectivity index (χ0v) is 14.7. The van der Waals surface area contributed by atoms with Gasteiger partial charge in [-0.2, -0.15) is 4.72 Å². The Balaban J connectivity index is 1.79. The van der Waals surface area contributed by atoms with Crippen molar-refractivity contribution >= 4 is 27.6 Å². The molecular weight excluding hydrogens is 363 g/mol. The number of carbonyl (C=O) groups is 2. The van der Waals surface area contributed by atoms with Gasteiger partial charge in [0.05, 0.1) is 4.90 Å². The molecule has 0 aliphatic carbocycles. The van der Waals surface area contributed by atoms with Crippen LogP contribution in [0.5, 0.6) is 0 Å². The number of esters is 1. The highest BCUT2D eigenvalue weighted by Gasteiger charge is 2.16. The van der Waals surface area contributed by atoms with E-state index in [1.165, 1.54) is 24.3 Å². The van der Waals surface area contributed by atoms with Crippen molar-refractivity contribution in [1.82, 2.24) is 4.72 Å². The SMILES string of the molecule is Cc1ccc(NC(=O)COC(=O)CNS(=O)(=O)c2ccccc2)cc1F. The zero-order chi connectivity index (χ0) is 19.2. The van der Waals surface area contributed by atoms with Crippen LogP contribution < -0.4 is 10.0 Å². The minimum atomic E-state index is -3.84. The van der Waals surface area contributed by atoms with Crippen molar-refractivity contribution in [3.8, 4) is 0 Å². The van der Waals surface area contributed by atoms with Crippen molar-refractivity contribution in [2.45, 2.75) is 11.8 Å². The van der Waals surface area contributed by atoms with E-state index >= 15 is 0 Å². The van der Waals surface area contributed by atoms with Gasteiger partial charge in [0.25, 0.3) is 5.91 Å². The number of carbonyl (C=O) groups excluding carboxylic acids is 2. The predicted molar refractivity (Wildman–Crippen MR) is 92.4 cm³/mol. The number of hydrogen-bond donors (Lipinski definition) is 2. The Morgan fingerprint density at radius 1 is 1.12 bits per heavy atom. The van der Waals surface area contributed by atoms with E-state index in [1.54, 1.807) is 25.1 Å². The summed E-state index contributed by atoms with van der Waals surface area (Å²) >= 11 is 0. The van der Waals surface area contributed by atoms with Crippen molar-refractivity contribution in [3.05, 3.63) is 59.9 Å². The van der Waals surface area contributed by atoms with E-state index in [4.69, 9.17) is 0 Å². The molecule has 0 radical (unpaired) electrons. The number of halogens is 1. The Labute approximate surface area is 150 Å². The molecular formula is C17H17FN2O5S. The van der Waals surface area contributed by atoms with Crippen LogP contribution in [0, 0.1) is 12.7 Å². The molecule has 2 N–H and O–H groups in total. The van der Waals surface area contributed by atoms with Gasteiger partial charge in [-0.1, -0.05) is 24.3 Å². The van der Waals surface area contributed by atoms with Gasteiger partial charge in [-0.15, -0.1) is 0 Å². The van der Waals surface area contributed by atoms with Gasteiger partial charge >= 0.3 is 5.97 Å². The second-order valence-corrected chi connectivity index (χ2v) is 7.08. The van der Waals surface area contributed by atoms with Gasteiger partial charge in [-0.25, -0.2) is 12.8 Å². The van der Waals surface area contributed by atoms with E-state index in [9.17, 15) is 22.4 Å². The van der Waals surface area contributed by atoms with Crippen molar-refractivity contribution in [3.63, 3.8) is 0 Å². The molecule has 0 atom stereocenters. The Kier molecular flexibility index (Phi) is 6.42. The topological polar surface area (TPSA) is 102 Å². The van der Waals surface area contributed by atoms with Crippen molar-refractivity contribution < 1.29 is 27.1 Å². The number of ether oxygens (including phenoxy) is 1. The number of nitrogens with one attached hydrogen (secondary N) is 2. The summed E-state index contributed by atoms with van der Waals surface area (Å²) in [7, 11) is -3.84. The maximum Gasteiger partial charge on any atom is 0.321 e. The lowest BCUT2D eigenvalue weighted by atomic mass is 10.2. The Bertz CT molecular complexity index is 901. The van der Waals surface area contributed by atoms with Crippen LogP contribution in [0.3, 0.4) is 0 Å². The molecule has 0 heterocycles. The van der Waals surface area contributed by atoms with Gasteiger partial charge in [-0.3, -0.25) is 9.59 Å². The van der Waals surface area contributed by atoms with Crippen molar-refractivity contribution in [1.29, 1.82) is 0 Å². The fourth-order valence-corrected chi connectivity index (χ4v) is 2.89. The maximum absolute atomic E-state index is 13.4. The summed E-state index contributed by atoms with van der Waals surface area (Å²) in [5.74, 6) is -2.07. The zero-order valence-electron chi connectivity index (χ0n) is 13.9. The second kappa shape index (κ2) is 8.54. The van der Waals surface area contributed by atoms with E-state index < -0.39 is 40.9 Å². The molecule has 26 heavy (non-hydrogen) atoms. The molecule has 2 rings (SSSR count). The summed E-state index contributed by atoms with van der Waals surface area (Å²) in [4.78, 5) is 23.3. The lowest BCUT2D eigenvalue weighted by Gasteiger charge is -2.08. The summed E-state index contributed by atoms with van der Waals surface area (Å²) in [6.45, 7) is 0.338. The van der Waals surface area contributed by atoms with Crippen LogP contribution >= 0.6 is 0 Å². The molecule has 0 saturated carbocycles. The molecule has 0 unspecified atom stereocenters. The molecule has 0 aliphatic rings. The van der Waals surface area contributed by atoms with Gasteiger partial charge < -0.3 is 10.1 Å². The van der Waals surface area contributed by atoms with Crippen LogP contribution in [0.15, 0.2) is 53.4 Å². The Morgan fingerprint density at radius 3 is 2.46 bits per heavy atom. The first-order valence-electron chi connectivity index (χ1n) is 7.54. The smallest absolute Gasteiger partial charge is 0.321 e. The molecule has 0 fully saturated rings. The van der Waals surface area contributed by atoms with Gasteiger partial charge in [0, 0.05) is 5.69 Å². The fourth-order valence-electron chi connectivity index (χ4n) is 1.90. The molecule has 138 valence electrons. The summed E-state index contributed by atoms with van der Waals surface area (Å²) in [6.07, 6.45) is 0. The molecule has 2 aromatic carbocycles. The highest BCUT2D eigenvalue weighted by Crippen LogP contribution is 2.13. The van der Waals surface area contributed by atoms with Crippen LogP contribution in [0.1, 0.15) is 5.56 Å². The van der Waals surface area contributed by atoms with Gasteiger partial charge in [0.1, 0.15) is 12.4 Å². The Hall–Kier alpha value is -2.78. The van der Waals surface area contributed by atoms with Gasteiger partial charge in [0.15, 0.2) is 6.61 Å². The molecule has 0 spiro atoms. The number of hydrogen-bond acceptors (Lipinski definition) is 5.